The first kappa shape index (κ1) is 24.1. The van der Waals surface area contributed by atoms with Gasteiger partial charge in [0.25, 0.3) is 0 Å². The number of nitrogens with one attached hydrogen (secondary N) is 1. The van der Waals surface area contributed by atoms with E-state index in [0.29, 0.717) is 48.1 Å². The molecule has 1 atom stereocenters. The molecule has 180 valence electrons. The highest BCUT2D eigenvalue weighted by atomic mass is 32.2. The number of hydrogen-bond donors (Lipinski definition) is 1. The number of nitrogens with zero attached hydrogens (tertiary/aromatic N) is 1. The van der Waals surface area contributed by atoms with Crippen molar-refractivity contribution in [2.75, 3.05) is 18.5 Å². The lowest BCUT2D eigenvalue weighted by Gasteiger charge is -2.24. The van der Waals surface area contributed by atoms with E-state index in [1.165, 1.54) is 4.31 Å². The Hall–Kier alpha value is -3.04. The summed E-state index contributed by atoms with van der Waals surface area (Å²) in [6, 6.07) is 7.60. The van der Waals surface area contributed by atoms with Crippen molar-refractivity contribution < 1.29 is 27.5 Å². The number of amides is 1. The standard InChI is InChI=1S/C25H28N2O6S/c1-15-11-16(2)24(17(3)12-15)34(31,32)27-10-4-5-21(27)25(30)33-14-22(28)19-6-8-20-18(13-19)7-9-23(29)26-20/h6,8,11-13,21H,4-5,7,9-10,14H2,1-3H3,(H,26,29). The summed E-state index contributed by atoms with van der Waals surface area (Å²) in [4.78, 5) is 37.2. The Bertz CT molecular complexity index is 1260. The Balaban J connectivity index is 1.46. The number of esters is 1. The van der Waals surface area contributed by atoms with Crippen LogP contribution in [0.3, 0.4) is 0 Å². The first-order valence-electron chi connectivity index (χ1n) is 11.3. The predicted octanol–water partition coefficient (Wildman–Crippen LogP) is 3.08. The van der Waals surface area contributed by atoms with Crippen LogP contribution in [-0.4, -0.2) is 49.6 Å². The predicted molar refractivity (Wildman–Crippen MR) is 126 cm³/mol. The Morgan fingerprint density at radius 3 is 2.50 bits per heavy atom. The van der Waals surface area contributed by atoms with Crippen LogP contribution in [0.2, 0.25) is 0 Å². The molecule has 0 radical (unpaired) electrons. The molecule has 9 heteroatoms. The third kappa shape index (κ3) is 4.63. The van der Waals surface area contributed by atoms with Gasteiger partial charge in [-0.25, -0.2) is 8.42 Å². The third-order valence-corrected chi connectivity index (χ3v) is 8.53. The van der Waals surface area contributed by atoms with Gasteiger partial charge in [0.2, 0.25) is 15.9 Å². The van der Waals surface area contributed by atoms with Gasteiger partial charge in [-0.3, -0.25) is 14.4 Å². The number of sulfonamides is 1. The molecule has 2 aliphatic rings. The molecule has 0 bridgehead atoms. The van der Waals surface area contributed by atoms with Crippen LogP contribution in [0.4, 0.5) is 5.69 Å². The molecule has 2 heterocycles. The van der Waals surface area contributed by atoms with E-state index < -0.39 is 28.6 Å². The number of fused-ring (bicyclic) bond motifs is 1. The van der Waals surface area contributed by atoms with Gasteiger partial charge in [0.1, 0.15) is 6.04 Å². The molecule has 2 aromatic rings. The van der Waals surface area contributed by atoms with Gasteiger partial charge >= 0.3 is 5.97 Å². The van der Waals surface area contributed by atoms with Crippen molar-refractivity contribution in [3.63, 3.8) is 0 Å². The summed E-state index contributed by atoms with van der Waals surface area (Å²) in [5, 5.41) is 2.76. The molecule has 4 rings (SSSR count). The van der Waals surface area contributed by atoms with Gasteiger partial charge in [-0.05, 0) is 74.9 Å². The van der Waals surface area contributed by atoms with Gasteiger partial charge in [0, 0.05) is 24.2 Å². The second kappa shape index (κ2) is 9.31. The number of anilines is 1. The molecule has 0 spiro atoms. The van der Waals surface area contributed by atoms with Crippen molar-refractivity contribution in [2.45, 2.75) is 57.4 Å². The number of ketones is 1. The maximum absolute atomic E-state index is 13.4. The summed E-state index contributed by atoms with van der Waals surface area (Å²) >= 11 is 0. The van der Waals surface area contributed by atoms with Crippen molar-refractivity contribution in [2.24, 2.45) is 0 Å². The molecule has 2 aromatic carbocycles. The van der Waals surface area contributed by atoms with Crippen LogP contribution in [0.1, 0.15) is 51.9 Å². The monoisotopic (exact) mass is 484 g/mol. The van der Waals surface area contributed by atoms with Crippen molar-refractivity contribution >= 4 is 33.4 Å². The average Bonchev–Trinajstić information content (AvgIpc) is 3.27. The molecule has 0 saturated carbocycles. The van der Waals surface area contributed by atoms with E-state index in [0.717, 1.165) is 11.1 Å². The van der Waals surface area contributed by atoms with Gasteiger partial charge in [-0.1, -0.05) is 17.7 Å². The maximum Gasteiger partial charge on any atom is 0.324 e. The summed E-state index contributed by atoms with van der Waals surface area (Å²) in [5.74, 6) is -1.17. The fourth-order valence-corrected chi connectivity index (χ4v) is 6.89. The van der Waals surface area contributed by atoms with E-state index >= 15 is 0 Å². The average molecular weight is 485 g/mol. The summed E-state index contributed by atoms with van der Waals surface area (Å²) in [5.41, 5.74) is 4.15. The van der Waals surface area contributed by atoms with E-state index in [-0.39, 0.29) is 23.1 Å². The molecule has 0 aromatic heterocycles. The highest BCUT2D eigenvalue weighted by Crippen LogP contribution is 2.31. The number of aryl methyl sites for hydroxylation is 4. The zero-order chi connectivity index (χ0) is 24.6. The largest absolute Gasteiger partial charge is 0.456 e. The quantitative estimate of drug-likeness (QED) is 0.498. The van der Waals surface area contributed by atoms with E-state index in [2.05, 4.69) is 5.32 Å². The van der Waals surface area contributed by atoms with Crippen LogP contribution >= 0.6 is 0 Å². The van der Waals surface area contributed by atoms with Gasteiger partial charge in [-0.2, -0.15) is 4.31 Å². The molecule has 1 fully saturated rings. The van der Waals surface area contributed by atoms with Crippen molar-refractivity contribution in [3.05, 3.63) is 58.1 Å². The highest BCUT2D eigenvalue weighted by Gasteiger charge is 2.41. The lowest BCUT2D eigenvalue weighted by atomic mass is 9.99. The summed E-state index contributed by atoms with van der Waals surface area (Å²) in [6.07, 6.45) is 1.77. The van der Waals surface area contributed by atoms with E-state index in [1.807, 2.05) is 19.1 Å². The molecule has 0 aliphatic carbocycles. The zero-order valence-corrected chi connectivity index (χ0v) is 20.3. The smallest absolute Gasteiger partial charge is 0.324 e. The van der Waals surface area contributed by atoms with Crippen LogP contribution in [0, 0.1) is 20.8 Å². The fourth-order valence-electron chi connectivity index (χ4n) is 4.83. The summed E-state index contributed by atoms with van der Waals surface area (Å²) in [7, 11) is -3.90. The molecule has 1 unspecified atom stereocenters. The molecular formula is C25H28N2O6S. The lowest BCUT2D eigenvalue weighted by molar-refractivity contribution is -0.146. The number of benzene rings is 2. The number of carbonyl (C=O) groups excluding carboxylic acids is 3. The molecule has 2 aliphatic heterocycles. The fraction of sp³-hybridized carbons (Fsp3) is 0.400. The Labute approximate surface area is 199 Å². The normalized spacial score (nSPS) is 18.3. The second-order valence-electron chi connectivity index (χ2n) is 8.95. The minimum absolute atomic E-state index is 0.0624. The Kier molecular flexibility index (Phi) is 6.60. The lowest BCUT2D eigenvalue weighted by Crippen LogP contribution is -2.42. The topological polar surface area (TPSA) is 110 Å². The number of ether oxygens (including phenoxy) is 1. The molecule has 1 saturated heterocycles. The molecule has 1 amide bonds. The van der Waals surface area contributed by atoms with Crippen molar-refractivity contribution in [1.29, 1.82) is 0 Å². The highest BCUT2D eigenvalue weighted by molar-refractivity contribution is 7.89. The first-order valence-corrected chi connectivity index (χ1v) is 12.7. The van der Waals surface area contributed by atoms with Gasteiger partial charge < -0.3 is 10.1 Å². The molecule has 1 N–H and O–H groups in total. The SMILES string of the molecule is Cc1cc(C)c(S(=O)(=O)N2CCCC2C(=O)OCC(=O)c2ccc3c(c2)CCC(=O)N3)c(C)c1. The van der Waals surface area contributed by atoms with Crippen molar-refractivity contribution in [1.82, 2.24) is 4.31 Å². The number of Topliss-reactive ketones (excluding diaryl/α,β-unsaturated/α-hetero) is 1. The van der Waals surface area contributed by atoms with Crippen LogP contribution in [0.15, 0.2) is 35.2 Å². The van der Waals surface area contributed by atoms with Gasteiger partial charge in [0.15, 0.2) is 12.4 Å². The number of rotatable bonds is 6. The summed E-state index contributed by atoms with van der Waals surface area (Å²) < 4.78 is 33.4. The van der Waals surface area contributed by atoms with Crippen molar-refractivity contribution in [3.8, 4) is 0 Å². The van der Waals surface area contributed by atoms with Crippen LogP contribution < -0.4 is 5.32 Å². The maximum atomic E-state index is 13.4. The zero-order valence-electron chi connectivity index (χ0n) is 19.5. The minimum Gasteiger partial charge on any atom is -0.456 e. The minimum atomic E-state index is -3.90. The summed E-state index contributed by atoms with van der Waals surface area (Å²) in [6.45, 7) is 5.15. The third-order valence-electron chi connectivity index (χ3n) is 6.32. The second-order valence-corrected chi connectivity index (χ2v) is 10.8. The molecular weight excluding hydrogens is 456 g/mol. The van der Waals surface area contributed by atoms with Gasteiger partial charge in [0.05, 0.1) is 4.90 Å². The Morgan fingerprint density at radius 1 is 1.09 bits per heavy atom. The number of hydrogen-bond acceptors (Lipinski definition) is 6. The van der Waals surface area contributed by atoms with Gasteiger partial charge in [-0.15, -0.1) is 0 Å². The first-order chi connectivity index (χ1) is 16.1. The van der Waals surface area contributed by atoms with E-state index in [9.17, 15) is 22.8 Å². The Morgan fingerprint density at radius 2 is 1.79 bits per heavy atom. The number of carbonyl (C=O) groups is 3. The van der Waals surface area contributed by atoms with Crippen LogP contribution in [0.25, 0.3) is 0 Å². The van der Waals surface area contributed by atoms with Crippen LogP contribution in [-0.2, 0) is 30.8 Å². The van der Waals surface area contributed by atoms with E-state index in [1.54, 1.807) is 32.0 Å². The molecule has 34 heavy (non-hydrogen) atoms. The van der Waals surface area contributed by atoms with E-state index in [4.69, 9.17) is 4.74 Å². The molecule has 8 nitrogen and oxygen atoms in total. The van der Waals surface area contributed by atoms with Crippen LogP contribution in [0.5, 0.6) is 0 Å².